The van der Waals surface area contributed by atoms with Gasteiger partial charge in [0.25, 0.3) is 0 Å². The molecule has 0 bridgehead atoms. The molecule has 1 heterocycles. The second kappa shape index (κ2) is 6.30. The van der Waals surface area contributed by atoms with Crippen LogP contribution < -0.4 is 0 Å². The van der Waals surface area contributed by atoms with Crippen LogP contribution in [-0.4, -0.2) is 49.3 Å². The van der Waals surface area contributed by atoms with E-state index in [1.54, 1.807) is 0 Å². The van der Waals surface area contributed by atoms with Gasteiger partial charge in [-0.3, -0.25) is 4.79 Å². The van der Waals surface area contributed by atoms with Gasteiger partial charge in [0, 0.05) is 26.1 Å². The van der Waals surface area contributed by atoms with E-state index in [0.717, 1.165) is 25.7 Å². The average molecular weight is 267 g/mol. The Hall–Kier alpha value is -0.690. The Bertz CT molecular complexity index is 357. The van der Waals surface area contributed by atoms with Crippen LogP contribution in [0.1, 0.15) is 32.1 Å². The predicted octanol–water partition coefficient (Wildman–Crippen LogP) is 0.439. The maximum atomic E-state index is 12.7. The van der Waals surface area contributed by atoms with Gasteiger partial charge in [-0.05, 0) is 12.8 Å². The zero-order chi connectivity index (χ0) is 12.9. The molecule has 0 aromatic rings. The zero-order valence-electron chi connectivity index (χ0n) is 9.64. The van der Waals surface area contributed by atoms with E-state index in [1.165, 1.54) is 4.90 Å². The van der Waals surface area contributed by atoms with E-state index in [4.69, 9.17) is 5.11 Å². The van der Waals surface area contributed by atoms with Crippen molar-refractivity contribution in [2.75, 3.05) is 19.7 Å². The number of amides is 1. The maximum Gasteiger partial charge on any atom is 0.307 e. The van der Waals surface area contributed by atoms with E-state index in [2.05, 4.69) is 0 Å². The van der Waals surface area contributed by atoms with Crippen LogP contribution in [0.4, 0.5) is 3.89 Å². The topological polar surface area (TPSA) is 74.7 Å². The molecular formula is C10H18FNO4S. The third kappa shape index (κ3) is 4.59. The van der Waals surface area contributed by atoms with E-state index in [-0.39, 0.29) is 25.5 Å². The minimum Gasteiger partial charge on any atom is -0.396 e. The molecule has 100 valence electrons. The number of aliphatic hydroxyl groups is 1. The summed E-state index contributed by atoms with van der Waals surface area (Å²) in [5.74, 6) is -0.293. The summed E-state index contributed by atoms with van der Waals surface area (Å²) in [6.07, 6.45) is 3.00. The molecule has 1 atom stereocenters. The van der Waals surface area contributed by atoms with Crippen LogP contribution in [0.5, 0.6) is 0 Å². The first-order valence-corrected chi connectivity index (χ1v) is 7.22. The SMILES string of the molecule is O=C1CC(S(=O)(=O)F)CN1CCCCCCO. The highest BCUT2D eigenvalue weighted by molar-refractivity contribution is 7.87. The molecule has 7 heteroatoms. The Kier molecular flexibility index (Phi) is 5.32. The highest BCUT2D eigenvalue weighted by atomic mass is 32.3. The van der Waals surface area contributed by atoms with Crippen LogP contribution in [-0.2, 0) is 15.0 Å². The number of halogens is 1. The van der Waals surface area contributed by atoms with Crippen molar-refractivity contribution in [1.29, 1.82) is 0 Å². The minimum absolute atomic E-state index is 0.0301. The van der Waals surface area contributed by atoms with Gasteiger partial charge < -0.3 is 10.0 Å². The second-order valence-electron chi connectivity index (χ2n) is 4.28. The quantitative estimate of drug-likeness (QED) is 0.536. The van der Waals surface area contributed by atoms with Gasteiger partial charge in [-0.2, -0.15) is 8.42 Å². The Balaban J connectivity index is 2.29. The summed E-state index contributed by atoms with van der Waals surface area (Å²) >= 11 is 0. The van der Waals surface area contributed by atoms with Crippen LogP contribution >= 0.6 is 0 Å². The van der Waals surface area contributed by atoms with Crippen LogP contribution in [0.25, 0.3) is 0 Å². The van der Waals surface area contributed by atoms with Gasteiger partial charge in [-0.15, -0.1) is 3.89 Å². The number of rotatable bonds is 7. The van der Waals surface area contributed by atoms with Crippen LogP contribution in [0.2, 0.25) is 0 Å². The van der Waals surface area contributed by atoms with Gasteiger partial charge in [-0.1, -0.05) is 12.8 Å². The third-order valence-corrected chi connectivity index (χ3v) is 4.03. The lowest BCUT2D eigenvalue weighted by Gasteiger charge is -2.15. The molecule has 1 amide bonds. The van der Waals surface area contributed by atoms with E-state index < -0.39 is 15.5 Å². The molecule has 17 heavy (non-hydrogen) atoms. The molecule has 0 saturated carbocycles. The van der Waals surface area contributed by atoms with Crippen molar-refractivity contribution < 1.29 is 22.2 Å². The van der Waals surface area contributed by atoms with Crippen molar-refractivity contribution in [3.8, 4) is 0 Å². The standard InChI is InChI=1S/C10H18FNO4S/c11-17(15,16)9-7-10(14)12(8-9)5-3-1-2-4-6-13/h9,13H,1-8H2. The highest BCUT2D eigenvalue weighted by Crippen LogP contribution is 2.20. The molecule has 5 nitrogen and oxygen atoms in total. The summed E-state index contributed by atoms with van der Waals surface area (Å²) < 4.78 is 34.0. The molecule has 1 rings (SSSR count). The zero-order valence-corrected chi connectivity index (χ0v) is 10.5. The number of carbonyl (C=O) groups is 1. The first-order chi connectivity index (χ1) is 7.95. The fraction of sp³-hybridized carbons (Fsp3) is 0.900. The Labute approximate surface area is 101 Å². The predicted molar refractivity (Wildman–Crippen MR) is 60.6 cm³/mol. The largest absolute Gasteiger partial charge is 0.396 e. The first-order valence-electron chi connectivity index (χ1n) is 5.77. The normalized spacial score (nSPS) is 21.2. The highest BCUT2D eigenvalue weighted by Gasteiger charge is 2.37. The smallest absolute Gasteiger partial charge is 0.307 e. The number of hydrogen-bond donors (Lipinski definition) is 1. The molecule has 1 unspecified atom stereocenters. The van der Waals surface area contributed by atoms with Crippen molar-refractivity contribution in [3.63, 3.8) is 0 Å². The van der Waals surface area contributed by atoms with Crippen molar-refractivity contribution >= 4 is 16.1 Å². The van der Waals surface area contributed by atoms with Crippen LogP contribution in [0.3, 0.4) is 0 Å². The summed E-state index contributed by atoms with van der Waals surface area (Å²) in [5.41, 5.74) is 0. The second-order valence-corrected chi connectivity index (χ2v) is 5.90. The van der Waals surface area contributed by atoms with Gasteiger partial charge in [0.1, 0.15) is 5.25 Å². The van der Waals surface area contributed by atoms with Crippen LogP contribution in [0, 0.1) is 0 Å². The van der Waals surface area contributed by atoms with Gasteiger partial charge in [0.05, 0.1) is 0 Å². The molecule has 1 N–H and O–H groups in total. The van der Waals surface area contributed by atoms with Gasteiger partial charge in [0.15, 0.2) is 0 Å². The summed E-state index contributed by atoms with van der Waals surface area (Å²) in [7, 11) is -4.60. The van der Waals surface area contributed by atoms with E-state index in [0.29, 0.717) is 6.54 Å². The van der Waals surface area contributed by atoms with E-state index in [1.807, 2.05) is 0 Å². The lowest BCUT2D eigenvalue weighted by molar-refractivity contribution is -0.127. The summed E-state index contributed by atoms with van der Waals surface area (Å²) in [5, 5.41) is 7.38. The Morgan fingerprint density at radius 1 is 1.29 bits per heavy atom. The van der Waals surface area contributed by atoms with Gasteiger partial charge in [0.2, 0.25) is 5.91 Å². The summed E-state index contributed by atoms with van der Waals surface area (Å²) in [4.78, 5) is 12.8. The third-order valence-electron chi connectivity index (χ3n) is 2.91. The molecule has 0 aromatic heterocycles. The number of likely N-dealkylation sites (tertiary alicyclic amines) is 1. The van der Waals surface area contributed by atoms with E-state index in [9.17, 15) is 17.1 Å². The number of hydrogen-bond acceptors (Lipinski definition) is 4. The monoisotopic (exact) mass is 267 g/mol. The molecule has 1 aliphatic heterocycles. The lowest BCUT2D eigenvalue weighted by atomic mass is 10.2. The fourth-order valence-corrected chi connectivity index (χ4v) is 2.61. The fourth-order valence-electron chi connectivity index (χ4n) is 1.91. The molecule has 0 aliphatic carbocycles. The minimum atomic E-state index is -4.60. The number of carbonyl (C=O) groups excluding carboxylic acids is 1. The van der Waals surface area contributed by atoms with Crippen molar-refractivity contribution in [2.45, 2.75) is 37.4 Å². The summed E-state index contributed by atoms with van der Waals surface area (Å²) in [6.45, 7) is 0.596. The van der Waals surface area contributed by atoms with Gasteiger partial charge >= 0.3 is 10.2 Å². The molecule has 1 saturated heterocycles. The number of aliphatic hydroxyl groups excluding tert-OH is 1. The average Bonchev–Trinajstić information content (AvgIpc) is 2.60. The molecule has 0 aromatic carbocycles. The summed E-state index contributed by atoms with van der Waals surface area (Å²) in [6, 6.07) is 0. The molecule has 0 radical (unpaired) electrons. The molecule has 1 aliphatic rings. The molecule has 1 fully saturated rings. The van der Waals surface area contributed by atoms with Crippen molar-refractivity contribution in [3.05, 3.63) is 0 Å². The van der Waals surface area contributed by atoms with Crippen molar-refractivity contribution in [2.24, 2.45) is 0 Å². The number of nitrogens with zero attached hydrogens (tertiary/aromatic N) is 1. The van der Waals surface area contributed by atoms with Crippen LogP contribution in [0.15, 0.2) is 0 Å². The van der Waals surface area contributed by atoms with Gasteiger partial charge in [-0.25, -0.2) is 0 Å². The maximum absolute atomic E-state index is 12.7. The Morgan fingerprint density at radius 3 is 2.47 bits per heavy atom. The lowest BCUT2D eigenvalue weighted by Crippen LogP contribution is -2.28. The first kappa shape index (κ1) is 14.4. The number of unbranched alkanes of at least 4 members (excludes halogenated alkanes) is 3. The molecular weight excluding hydrogens is 249 g/mol. The Morgan fingerprint density at radius 2 is 1.94 bits per heavy atom. The van der Waals surface area contributed by atoms with E-state index >= 15 is 0 Å². The van der Waals surface area contributed by atoms with Crippen molar-refractivity contribution in [1.82, 2.24) is 4.90 Å². The molecule has 0 spiro atoms.